The monoisotopic (exact) mass is 483 g/mol. The van der Waals surface area contributed by atoms with Crippen LogP contribution in [-0.2, 0) is 11.3 Å². The minimum atomic E-state index is -0.780. The van der Waals surface area contributed by atoms with Gasteiger partial charge in [0.2, 0.25) is 0 Å². The van der Waals surface area contributed by atoms with Crippen molar-refractivity contribution in [1.82, 2.24) is 9.88 Å². The van der Waals surface area contributed by atoms with Crippen LogP contribution in [0.4, 0.5) is 5.13 Å². The van der Waals surface area contributed by atoms with Crippen molar-refractivity contribution < 1.29 is 19.1 Å². The van der Waals surface area contributed by atoms with E-state index in [1.807, 2.05) is 66.7 Å². The van der Waals surface area contributed by atoms with Gasteiger partial charge in [-0.2, -0.15) is 0 Å². The van der Waals surface area contributed by atoms with Crippen molar-refractivity contribution in [1.29, 1.82) is 0 Å². The van der Waals surface area contributed by atoms with Gasteiger partial charge in [-0.05, 0) is 40.5 Å². The van der Waals surface area contributed by atoms with Gasteiger partial charge in [-0.1, -0.05) is 48.5 Å². The molecule has 2 aliphatic rings. The van der Waals surface area contributed by atoms with Crippen LogP contribution in [-0.4, -0.2) is 34.9 Å². The fourth-order valence-electron chi connectivity index (χ4n) is 4.50. The number of hydrogen-bond acceptors (Lipinski definition) is 6. The average Bonchev–Trinajstić information content (AvgIpc) is 3.52. The quantitative estimate of drug-likeness (QED) is 0.436. The number of benzene rings is 3. The van der Waals surface area contributed by atoms with Crippen molar-refractivity contribution >= 4 is 28.3 Å². The Morgan fingerprint density at radius 3 is 2.54 bits per heavy atom. The van der Waals surface area contributed by atoms with Crippen LogP contribution < -0.4 is 14.8 Å². The molecule has 6 rings (SSSR count). The Balaban J connectivity index is 1.32. The maximum atomic E-state index is 13.6. The summed E-state index contributed by atoms with van der Waals surface area (Å²) in [5.41, 5.74) is 4.07. The number of ether oxygens (including phenoxy) is 2. The van der Waals surface area contributed by atoms with Gasteiger partial charge in [0, 0.05) is 23.7 Å². The highest BCUT2D eigenvalue weighted by Crippen LogP contribution is 2.38. The molecule has 8 heteroatoms. The summed E-state index contributed by atoms with van der Waals surface area (Å²) in [6.45, 7) is 1.40. The second-order valence-electron chi connectivity index (χ2n) is 8.30. The van der Waals surface area contributed by atoms with E-state index in [2.05, 4.69) is 10.3 Å². The zero-order valence-electron chi connectivity index (χ0n) is 18.6. The lowest BCUT2D eigenvalue weighted by atomic mass is 10.00. The summed E-state index contributed by atoms with van der Waals surface area (Å²) < 4.78 is 11.3. The standard InChI is InChI=1S/C27H21N3O4S/c31-25(29-27-28-10-13-35-27)24(17-4-2-1-3-5-17)30-16-20-7-6-18(14-21(20)26(30)32)19-8-9-22-23(15-19)34-12-11-33-22/h1-10,13-15,24H,11-12,16H2,(H,28,29,31). The Morgan fingerprint density at radius 1 is 0.971 bits per heavy atom. The third-order valence-electron chi connectivity index (χ3n) is 6.16. The van der Waals surface area contributed by atoms with Gasteiger partial charge in [-0.3, -0.25) is 14.9 Å². The number of amides is 2. The average molecular weight is 484 g/mol. The van der Waals surface area contributed by atoms with E-state index in [1.54, 1.807) is 16.5 Å². The van der Waals surface area contributed by atoms with E-state index in [0.717, 1.165) is 28.0 Å². The molecule has 1 unspecified atom stereocenters. The van der Waals surface area contributed by atoms with E-state index in [1.165, 1.54) is 11.3 Å². The fourth-order valence-corrected chi connectivity index (χ4v) is 5.03. The summed E-state index contributed by atoms with van der Waals surface area (Å²) in [4.78, 5) is 32.8. The Hall–Kier alpha value is -4.17. The third kappa shape index (κ3) is 4.02. The van der Waals surface area contributed by atoms with E-state index < -0.39 is 6.04 Å². The van der Waals surface area contributed by atoms with Gasteiger partial charge in [-0.25, -0.2) is 4.98 Å². The first-order valence-electron chi connectivity index (χ1n) is 11.3. The van der Waals surface area contributed by atoms with Gasteiger partial charge in [0.25, 0.3) is 11.8 Å². The van der Waals surface area contributed by atoms with Crippen LogP contribution in [0.5, 0.6) is 11.5 Å². The SMILES string of the molecule is O=C(Nc1nccs1)C(c1ccccc1)N1Cc2ccc(-c3ccc4c(c3)OCCO4)cc2C1=O. The molecule has 35 heavy (non-hydrogen) atoms. The Kier molecular flexibility index (Phi) is 5.42. The second kappa shape index (κ2) is 8.88. The van der Waals surface area contributed by atoms with Crippen molar-refractivity contribution in [2.45, 2.75) is 12.6 Å². The molecule has 0 fully saturated rings. The normalized spacial score (nSPS) is 15.0. The first-order valence-corrected chi connectivity index (χ1v) is 12.1. The summed E-state index contributed by atoms with van der Waals surface area (Å²) in [5, 5.41) is 5.16. The number of carbonyl (C=O) groups is 2. The number of nitrogens with one attached hydrogen (secondary N) is 1. The number of hydrogen-bond donors (Lipinski definition) is 1. The fraction of sp³-hybridized carbons (Fsp3) is 0.148. The first kappa shape index (κ1) is 21.4. The van der Waals surface area contributed by atoms with Gasteiger partial charge in [-0.15, -0.1) is 11.3 Å². The lowest BCUT2D eigenvalue weighted by Gasteiger charge is -2.27. The smallest absolute Gasteiger partial charge is 0.255 e. The van der Waals surface area contributed by atoms with Gasteiger partial charge in [0.15, 0.2) is 16.6 Å². The molecule has 2 amide bonds. The number of fused-ring (bicyclic) bond motifs is 2. The molecule has 1 atom stereocenters. The van der Waals surface area contributed by atoms with Gasteiger partial charge < -0.3 is 14.4 Å². The highest BCUT2D eigenvalue weighted by atomic mass is 32.1. The molecule has 0 bridgehead atoms. The molecule has 2 aliphatic heterocycles. The number of thiazole rings is 1. The zero-order valence-corrected chi connectivity index (χ0v) is 19.5. The number of nitrogens with zero attached hydrogens (tertiary/aromatic N) is 2. The van der Waals surface area contributed by atoms with Crippen molar-refractivity contribution in [2.24, 2.45) is 0 Å². The van der Waals surface area contributed by atoms with E-state index in [-0.39, 0.29) is 11.8 Å². The highest BCUT2D eigenvalue weighted by Gasteiger charge is 2.37. The molecule has 7 nitrogen and oxygen atoms in total. The number of carbonyl (C=O) groups excluding carboxylic acids is 2. The van der Waals surface area contributed by atoms with Gasteiger partial charge in [0.1, 0.15) is 19.3 Å². The molecule has 0 aliphatic carbocycles. The Bertz CT molecular complexity index is 1410. The molecule has 0 saturated carbocycles. The Labute approximate surface area is 206 Å². The molecule has 1 aromatic heterocycles. The number of rotatable bonds is 5. The maximum Gasteiger partial charge on any atom is 0.255 e. The van der Waals surface area contributed by atoms with Crippen molar-refractivity contribution in [3.8, 4) is 22.6 Å². The van der Waals surface area contributed by atoms with Gasteiger partial charge in [0.05, 0.1) is 0 Å². The van der Waals surface area contributed by atoms with Crippen LogP contribution in [0.1, 0.15) is 27.5 Å². The van der Waals surface area contributed by atoms with Crippen LogP contribution in [0.25, 0.3) is 11.1 Å². The number of anilines is 1. The molecule has 0 spiro atoms. The van der Waals surface area contributed by atoms with Crippen LogP contribution in [0.15, 0.2) is 78.3 Å². The third-order valence-corrected chi connectivity index (χ3v) is 6.84. The second-order valence-corrected chi connectivity index (χ2v) is 9.20. The summed E-state index contributed by atoms with van der Waals surface area (Å²) >= 11 is 1.34. The minimum Gasteiger partial charge on any atom is -0.486 e. The minimum absolute atomic E-state index is 0.178. The van der Waals surface area contributed by atoms with Gasteiger partial charge >= 0.3 is 0 Å². The van der Waals surface area contributed by atoms with Crippen molar-refractivity contribution in [3.63, 3.8) is 0 Å². The molecule has 0 radical (unpaired) electrons. The molecular weight excluding hydrogens is 462 g/mol. The zero-order chi connectivity index (χ0) is 23.8. The van der Waals surface area contributed by atoms with Crippen LogP contribution in [0.3, 0.4) is 0 Å². The van der Waals surface area contributed by atoms with E-state index >= 15 is 0 Å². The molecule has 3 heterocycles. The summed E-state index contributed by atoms with van der Waals surface area (Å²) in [6, 6.07) is 20.2. The predicted octanol–water partition coefficient (Wildman–Crippen LogP) is 4.92. The van der Waals surface area contributed by atoms with Crippen LogP contribution in [0.2, 0.25) is 0 Å². The maximum absolute atomic E-state index is 13.6. The summed E-state index contributed by atoms with van der Waals surface area (Å²) in [7, 11) is 0. The van der Waals surface area contributed by atoms with Crippen molar-refractivity contribution in [3.05, 3.63) is 95.0 Å². The van der Waals surface area contributed by atoms with Crippen LogP contribution >= 0.6 is 11.3 Å². The lowest BCUT2D eigenvalue weighted by molar-refractivity contribution is -0.120. The predicted molar refractivity (Wildman–Crippen MR) is 133 cm³/mol. The first-order chi connectivity index (χ1) is 17.2. The van der Waals surface area contributed by atoms with Crippen molar-refractivity contribution in [2.75, 3.05) is 18.5 Å². The van der Waals surface area contributed by atoms with Crippen LogP contribution in [0, 0.1) is 0 Å². The van der Waals surface area contributed by atoms with E-state index in [0.29, 0.717) is 36.2 Å². The Morgan fingerprint density at radius 2 is 1.74 bits per heavy atom. The molecule has 4 aromatic rings. The molecule has 0 saturated heterocycles. The summed E-state index contributed by atoms with van der Waals surface area (Å²) in [5.74, 6) is 0.951. The van der Waals surface area contributed by atoms with E-state index in [4.69, 9.17) is 9.47 Å². The lowest BCUT2D eigenvalue weighted by Crippen LogP contribution is -2.37. The largest absolute Gasteiger partial charge is 0.486 e. The molecule has 1 N–H and O–H groups in total. The molecule has 3 aromatic carbocycles. The van der Waals surface area contributed by atoms with E-state index in [9.17, 15) is 9.59 Å². The summed E-state index contributed by atoms with van der Waals surface area (Å²) in [6.07, 6.45) is 1.63. The highest BCUT2D eigenvalue weighted by molar-refractivity contribution is 7.13. The number of aromatic nitrogens is 1. The topological polar surface area (TPSA) is 80.8 Å². The molecule has 174 valence electrons. The molecular formula is C27H21N3O4S.